The zero-order valence-electron chi connectivity index (χ0n) is 11.1. The van der Waals surface area contributed by atoms with E-state index in [2.05, 4.69) is 26.3 Å². The number of aromatic nitrogens is 2. The van der Waals surface area contributed by atoms with Crippen molar-refractivity contribution in [3.63, 3.8) is 0 Å². The number of nitrogens with zero attached hydrogens (tertiary/aromatic N) is 2. The molecule has 0 radical (unpaired) electrons. The topological polar surface area (TPSA) is 46.9 Å². The molecular weight excluding hydrogens is 306 g/mol. The number of anilines is 1. The molecule has 1 N–H and O–H groups in total. The monoisotopic (exact) mass is 321 g/mol. The van der Waals surface area contributed by atoms with Crippen LogP contribution in [0.15, 0.2) is 35.1 Å². The van der Waals surface area contributed by atoms with Gasteiger partial charge >= 0.3 is 0 Å². The van der Waals surface area contributed by atoms with Crippen LogP contribution in [0.3, 0.4) is 0 Å². The van der Waals surface area contributed by atoms with Crippen LogP contribution >= 0.6 is 15.9 Å². The minimum Gasteiger partial charge on any atom is -0.323 e. The first-order chi connectivity index (χ1) is 8.99. The van der Waals surface area contributed by atoms with Crippen LogP contribution in [0.1, 0.15) is 24.1 Å². The van der Waals surface area contributed by atoms with E-state index in [0.717, 1.165) is 21.3 Å². The Balaban J connectivity index is 2.20. The summed E-state index contributed by atoms with van der Waals surface area (Å²) in [6.07, 6.45) is 3.44. The van der Waals surface area contributed by atoms with Crippen molar-refractivity contribution in [3.05, 3.63) is 46.2 Å². The van der Waals surface area contributed by atoms with Gasteiger partial charge < -0.3 is 5.32 Å². The van der Waals surface area contributed by atoms with E-state index in [-0.39, 0.29) is 11.9 Å². The highest BCUT2D eigenvalue weighted by Gasteiger charge is 2.17. The predicted molar refractivity (Wildman–Crippen MR) is 79.2 cm³/mol. The first-order valence-electron chi connectivity index (χ1n) is 6.06. The summed E-state index contributed by atoms with van der Waals surface area (Å²) < 4.78 is 2.53. The van der Waals surface area contributed by atoms with Crippen LogP contribution in [0.5, 0.6) is 0 Å². The van der Waals surface area contributed by atoms with Crippen molar-refractivity contribution < 1.29 is 4.79 Å². The summed E-state index contributed by atoms with van der Waals surface area (Å²) in [4.78, 5) is 12.2. The van der Waals surface area contributed by atoms with Crippen molar-refractivity contribution in [1.29, 1.82) is 0 Å². The highest BCUT2D eigenvalue weighted by atomic mass is 79.9. The summed E-state index contributed by atoms with van der Waals surface area (Å²) in [6.45, 7) is 5.82. The molecule has 4 nitrogen and oxygen atoms in total. The van der Waals surface area contributed by atoms with Gasteiger partial charge in [0.15, 0.2) is 0 Å². The van der Waals surface area contributed by atoms with Gasteiger partial charge in [-0.1, -0.05) is 6.07 Å². The van der Waals surface area contributed by atoms with Crippen LogP contribution in [-0.2, 0) is 4.79 Å². The molecule has 1 amide bonds. The van der Waals surface area contributed by atoms with Crippen LogP contribution < -0.4 is 5.32 Å². The second-order valence-electron chi connectivity index (χ2n) is 4.59. The highest BCUT2D eigenvalue weighted by molar-refractivity contribution is 9.10. The standard InChI is InChI=1S/C14H16BrN3O/c1-9-7-10(2)13(12(15)8-9)17-14(19)11(3)18-6-4-5-16-18/h4-8,11H,1-3H3,(H,17,19). The number of aryl methyl sites for hydroxylation is 2. The fourth-order valence-corrected chi connectivity index (χ4v) is 2.70. The van der Waals surface area contributed by atoms with E-state index in [1.54, 1.807) is 23.1 Å². The van der Waals surface area contributed by atoms with E-state index in [1.165, 1.54) is 0 Å². The van der Waals surface area contributed by atoms with Gasteiger partial charge in [-0.25, -0.2) is 0 Å². The number of benzene rings is 1. The third-order valence-corrected chi connectivity index (χ3v) is 3.61. The van der Waals surface area contributed by atoms with Crippen LogP contribution in [0.2, 0.25) is 0 Å². The van der Waals surface area contributed by atoms with Crippen molar-refractivity contribution in [2.24, 2.45) is 0 Å². The molecule has 100 valence electrons. The van der Waals surface area contributed by atoms with Crippen molar-refractivity contribution in [3.8, 4) is 0 Å². The molecule has 0 aliphatic carbocycles. The largest absolute Gasteiger partial charge is 0.323 e. The fourth-order valence-electron chi connectivity index (χ4n) is 1.93. The number of amides is 1. The number of halogens is 1. The maximum Gasteiger partial charge on any atom is 0.248 e. The number of carbonyl (C=O) groups excluding carboxylic acids is 1. The molecule has 19 heavy (non-hydrogen) atoms. The molecule has 2 aromatic rings. The quantitative estimate of drug-likeness (QED) is 0.941. The van der Waals surface area contributed by atoms with E-state index >= 15 is 0 Å². The number of rotatable bonds is 3. The van der Waals surface area contributed by atoms with Crippen LogP contribution in [0.25, 0.3) is 0 Å². The Hall–Kier alpha value is -1.62. The predicted octanol–water partition coefficient (Wildman–Crippen LogP) is 3.46. The normalized spacial score (nSPS) is 12.2. The van der Waals surface area contributed by atoms with Gasteiger partial charge in [0.2, 0.25) is 5.91 Å². The zero-order chi connectivity index (χ0) is 14.0. The summed E-state index contributed by atoms with van der Waals surface area (Å²) >= 11 is 3.49. The molecular formula is C14H16BrN3O. The average molecular weight is 322 g/mol. The SMILES string of the molecule is Cc1cc(C)c(NC(=O)C(C)n2cccn2)c(Br)c1. The van der Waals surface area contributed by atoms with Gasteiger partial charge in [-0.3, -0.25) is 9.48 Å². The Kier molecular flexibility index (Phi) is 4.04. The maximum atomic E-state index is 12.2. The number of carbonyl (C=O) groups is 1. The van der Waals surface area contributed by atoms with Gasteiger partial charge in [0.05, 0.1) is 5.69 Å². The van der Waals surface area contributed by atoms with E-state index in [9.17, 15) is 4.79 Å². The molecule has 0 fully saturated rings. The minimum absolute atomic E-state index is 0.0867. The summed E-state index contributed by atoms with van der Waals surface area (Å²) in [7, 11) is 0. The Morgan fingerprint density at radius 1 is 1.42 bits per heavy atom. The summed E-state index contributed by atoms with van der Waals surface area (Å²) in [5.74, 6) is -0.0867. The molecule has 0 bridgehead atoms. The Morgan fingerprint density at radius 2 is 2.16 bits per heavy atom. The first-order valence-corrected chi connectivity index (χ1v) is 6.85. The molecule has 0 saturated heterocycles. The van der Waals surface area contributed by atoms with Crippen LogP contribution in [0.4, 0.5) is 5.69 Å². The van der Waals surface area contributed by atoms with E-state index in [0.29, 0.717) is 0 Å². The molecule has 2 rings (SSSR count). The molecule has 0 spiro atoms. The van der Waals surface area contributed by atoms with Crippen molar-refractivity contribution in [2.45, 2.75) is 26.8 Å². The number of nitrogens with one attached hydrogen (secondary N) is 1. The number of hydrogen-bond donors (Lipinski definition) is 1. The lowest BCUT2D eigenvalue weighted by Gasteiger charge is -2.16. The molecule has 1 aromatic carbocycles. The molecule has 0 aliphatic rings. The van der Waals surface area contributed by atoms with Crippen LogP contribution in [0, 0.1) is 13.8 Å². The lowest BCUT2D eigenvalue weighted by atomic mass is 10.1. The molecule has 1 heterocycles. The van der Waals surface area contributed by atoms with E-state index in [1.807, 2.05) is 32.9 Å². The van der Waals surface area contributed by atoms with Crippen molar-refractivity contribution >= 4 is 27.5 Å². The lowest BCUT2D eigenvalue weighted by Crippen LogP contribution is -2.24. The van der Waals surface area contributed by atoms with Gasteiger partial charge in [-0.15, -0.1) is 0 Å². The summed E-state index contributed by atoms with van der Waals surface area (Å²) in [5.41, 5.74) is 3.00. The van der Waals surface area contributed by atoms with Gasteiger partial charge in [-0.05, 0) is 60.0 Å². The Bertz CT molecular complexity index is 570. The smallest absolute Gasteiger partial charge is 0.248 e. The Morgan fingerprint density at radius 3 is 2.74 bits per heavy atom. The third kappa shape index (κ3) is 3.04. The third-order valence-electron chi connectivity index (χ3n) is 2.98. The fraction of sp³-hybridized carbons (Fsp3) is 0.286. The number of hydrogen-bond acceptors (Lipinski definition) is 2. The highest BCUT2D eigenvalue weighted by Crippen LogP contribution is 2.28. The van der Waals surface area contributed by atoms with Crippen molar-refractivity contribution in [2.75, 3.05) is 5.32 Å². The van der Waals surface area contributed by atoms with Gasteiger partial charge in [0.1, 0.15) is 6.04 Å². The summed E-state index contributed by atoms with van der Waals surface area (Å²) in [6, 6.07) is 5.49. The first kappa shape index (κ1) is 13.8. The van der Waals surface area contributed by atoms with Gasteiger partial charge in [0, 0.05) is 16.9 Å². The second kappa shape index (κ2) is 5.57. The van der Waals surface area contributed by atoms with Gasteiger partial charge in [-0.2, -0.15) is 5.10 Å². The summed E-state index contributed by atoms with van der Waals surface area (Å²) in [5, 5.41) is 7.03. The van der Waals surface area contributed by atoms with E-state index < -0.39 is 0 Å². The minimum atomic E-state index is -0.345. The van der Waals surface area contributed by atoms with Crippen LogP contribution in [-0.4, -0.2) is 15.7 Å². The molecule has 1 aromatic heterocycles. The Labute approximate surface area is 120 Å². The maximum absolute atomic E-state index is 12.2. The van der Waals surface area contributed by atoms with E-state index in [4.69, 9.17) is 0 Å². The lowest BCUT2D eigenvalue weighted by molar-refractivity contribution is -0.119. The second-order valence-corrected chi connectivity index (χ2v) is 5.44. The van der Waals surface area contributed by atoms with Gasteiger partial charge in [0.25, 0.3) is 0 Å². The van der Waals surface area contributed by atoms with Crippen molar-refractivity contribution in [1.82, 2.24) is 9.78 Å². The molecule has 1 unspecified atom stereocenters. The molecule has 1 atom stereocenters. The molecule has 0 saturated carbocycles. The molecule has 5 heteroatoms. The zero-order valence-corrected chi connectivity index (χ0v) is 12.7. The average Bonchev–Trinajstić information content (AvgIpc) is 2.86. The molecule has 0 aliphatic heterocycles.